The van der Waals surface area contributed by atoms with E-state index in [1.807, 2.05) is 38.1 Å². The van der Waals surface area contributed by atoms with Crippen LogP contribution < -0.4 is 10.6 Å². The molecule has 0 aliphatic rings. The first-order chi connectivity index (χ1) is 14.3. The van der Waals surface area contributed by atoms with Gasteiger partial charge in [0.25, 0.3) is 0 Å². The van der Waals surface area contributed by atoms with Gasteiger partial charge in [0.1, 0.15) is 17.3 Å². The summed E-state index contributed by atoms with van der Waals surface area (Å²) >= 11 is 0. The molecule has 1 aromatic heterocycles. The molecule has 2 amide bonds. The van der Waals surface area contributed by atoms with Crippen LogP contribution >= 0.6 is 0 Å². The van der Waals surface area contributed by atoms with Crippen molar-refractivity contribution in [2.75, 3.05) is 4.90 Å². The Labute approximate surface area is 174 Å². The fourth-order valence-electron chi connectivity index (χ4n) is 3.23. The van der Waals surface area contributed by atoms with Crippen LogP contribution in [0.25, 0.3) is 0 Å². The Hall–Kier alpha value is -3.87. The second-order valence-corrected chi connectivity index (χ2v) is 7.30. The third-order valence-corrected chi connectivity index (χ3v) is 4.82. The van der Waals surface area contributed by atoms with Crippen LogP contribution in [-0.4, -0.2) is 27.1 Å². The minimum atomic E-state index is -0.847. The van der Waals surface area contributed by atoms with E-state index in [2.05, 4.69) is 4.98 Å². The van der Waals surface area contributed by atoms with E-state index in [-0.39, 0.29) is 28.8 Å². The van der Waals surface area contributed by atoms with Gasteiger partial charge >= 0.3 is 6.03 Å². The van der Waals surface area contributed by atoms with Crippen LogP contribution in [0.1, 0.15) is 42.0 Å². The highest BCUT2D eigenvalue weighted by atomic mass is 16.3. The highest BCUT2D eigenvalue weighted by Gasteiger charge is 2.23. The van der Waals surface area contributed by atoms with Crippen molar-refractivity contribution in [1.82, 2.24) is 4.98 Å². The first kappa shape index (κ1) is 20.9. The molecular formula is C23H24N4O3. The summed E-state index contributed by atoms with van der Waals surface area (Å²) in [7, 11) is 0. The second-order valence-electron chi connectivity index (χ2n) is 7.30. The number of benzene rings is 2. The molecule has 2 aromatic carbocycles. The molecule has 0 atom stereocenters. The van der Waals surface area contributed by atoms with E-state index < -0.39 is 6.03 Å². The normalized spacial score (nSPS) is 10.8. The highest BCUT2D eigenvalue weighted by Crippen LogP contribution is 2.33. The third kappa shape index (κ3) is 4.41. The number of anilines is 1. The van der Waals surface area contributed by atoms with E-state index in [1.54, 1.807) is 24.5 Å². The minimum Gasteiger partial charge on any atom is -0.508 e. The number of primary amides is 1. The average molecular weight is 404 g/mol. The Kier molecular flexibility index (Phi) is 6.01. The van der Waals surface area contributed by atoms with Crippen LogP contribution in [0.3, 0.4) is 0 Å². The SMILES string of the molecule is CC(C)c1cc(C(=N)N(C(N)=O)c2ccc(Cc3ccncc3)cc2)c(O)cc1O. The van der Waals surface area contributed by atoms with Gasteiger partial charge in [0.15, 0.2) is 0 Å². The number of nitrogens with two attached hydrogens (primary N) is 1. The molecule has 0 fully saturated rings. The van der Waals surface area contributed by atoms with Gasteiger partial charge in [0.05, 0.1) is 11.3 Å². The van der Waals surface area contributed by atoms with Crippen LogP contribution in [0.15, 0.2) is 60.9 Å². The molecule has 0 radical (unpaired) electrons. The molecule has 3 aromatic rings. The summed E-state index contributed by atoms with van der Waals surface area (Å²) in [6, 6.07) is 12.8. The molecule has 5 N–H and O–H groups in total. The second kappa shape index (κ2) is 8.65. The zero-order valence-electron chi connectivity index (χ0n) is 16.8. The van der Waals surface area contributed by atoms with Gasteiger partial charge < -0.3 is 15.9 Å². The predicted octanol–water partition coefficient (Wildman–Crippen LogP) is 4.12. The van der Waals surface area contributed by atoms with Gasteiger partial charge in [0, 0.05) is 18.5 Å². The lowest BCUT2D eigenvalue weighted by Gasteiger charge is -2.23. The maximum absolute atomic E-state index is 12.2. The smallest absolute Gasteiger partial charge is 0.325 e. The molecule has 1 heterocycles. The lowest BCUT2D eigenvalue weighted by Crippen LogP contribution is -2.41. The third-order valence-electron chi connectivity index (χ3n) is 4.82. The van der Waals surface area contributed by atoms with Crippen molar-refractivity contribution in [2.24, 2.45) is 5.73 Å². The van der Waals surface area contributed by atoms with E-state index in [9.17, 15) is 15.0 Å². The molecule has 30 heavy (non-hydrogen) atoms. The summed E-state index contributed by atoms with van der Waals surface area (Å²) in [5, 5.41) is 28.8. The van der Waals surface area contributed by atoms with Crippen molar-refractivity contribution in [1.29, 1.82) is 5.41 Å². The number of nitrogens with zero attached hydrogens (tertiary/aromatic N) is 2. The molecule has 0 saturated heterocycles. The molecule has 0 unspecified atom stereocenters. The minimum absolute atomic E-state index is 0.0355. The van der Waals surface area contributed by atoms with Gasteiger partial charge in [-0.2, -0.15) is 0 Å². The number of urea groups is 1. The van der Waals surface area contributed by atoms with Crippen molar-refractivity contribution in [3.05, 3.63) is 83.2 Å². The van der Waals surface area contributed by atoms with Gasteiger partial charge in [-0.15, -0.1) is 0 Å². The molecule has 0 saturated carbocycles. The predicted molar refractivity (Wildman–Crippen MR) is 116 cm³/mol. The summed E-state index contributed by atoms with van der Waals surface area (Å²) in [5.41, 5.74) is 8.76. The molecule has 154 valence electrons. The summed E-state index contributed by atoms with van der Waals surface area (Å²) in [4.78, 5) is 17.2. The quantitative estimate of drug-likeness (QED) is 0.377. The van der Waals surface area contributed by atoms with Crippen LogP contribution in [0.5, 0.6) is 11.5 Å². The fraction of sp³-hybridized carbons (Fsp3) is 0.174. The van der Waals surface area contributed by atoms with E-state index >= 15 is 0 Å². The zero-order chi connectivity index (χ0) is 21.8. The summed E-state index contributed by atoms with van der Waals surface area (Å²) < 4.78 is 0. The first-order valence-corrected chi connectivity index (χ1v) is 9.50. The van der Waals surface area contributed by atoms with Gasteiger partial charge in [-0.05, 0) is 59.4 Å². The number of amides is 2. The van der Waals surface area contributed by atoms with Crippen LogP contribution in [0.2, 0.25) is 0 Å². The monoisotopic (exact) mass is 404 g/mol. The van der Waals surface area contributed by atoms with Crippen LogP contribution in [0, 0.1) is 5.41 Å². The number of aromatic hydroxyl groups is 2. The summed E-state index contributed by atoms with van der Waals surface area (Å²) in [6.07, 6.45) is 4.16. The maximum atomic E-state index is 12.2. The van der Waals surface area contributed by atoms with E-state index in [0.717, 1.165) is 16.0 Å². The number of pyridine rings is 1. The average Bonchev–Trinajstić information content (AvgIpc) is 2.69. The zero-order valence-corrected chi connectivity index (χ0v) is 16.8. The van der Waals surface area contributed by atoms with Crippen LogP contribution in [0.4, 0.5) is 10.5 Å². The number of phenolic OH excluding ortho intramolecular Hbond substituents is 2. The Morgan fingerprint density at radius 1 is 1.03 bits per heavy atom. The molecule has 0 spiro atoms. The summed E-state index contributed by atoms with van der Waals surface area (Å²) in [6.45, 7) is 3.76. The van der Waals surface area contributed by atoms with E-state index in [1.165, 1.54) is 12.1 Å². The Morgan fingerprint density at radius 2 is 1.63 bits per heavy atom. The Balaban J connectivity index is 1.92. The fourth-order valence-corrected chi connectivity index (χ4v) is 3.23. The van der Waals surface area contributed by atoms with Gasteiger partial charge in [-0.1, -0.05) is 26.0 Å². The van der Waals surface area contributed by atoms with E-state index in [4.69, 9.17) is 11.1 Å². The maximum Gasteiger partial charge on any atom is 0.325 e. The van der Waals surface area contributed by atoms with Crippen molar-refractivity contribution in [2.45, 2.75) is 26.2 Å². The number of aromatic nitrogens is 1. The molecule has 0 aliphatic carbocycles. The molecular weight excluding hydrogens is 380 g/mol. The number of rotatable bonds is 5. The molecule has 0 aliphatic heterocycles. The molecule has 0 bridgehead atoms. The number of carbonyl (C=O) groups is 1. The Morgan fingerprint density at radius 3 is 2.20 bits per heavy atom. The highest BCUT2D eigenvalue weighted by molar-refractivity contribution is 6.22. The number of amidine groups is 1. The number of carbonyl (C=O) groups excluding carboxylic acids is 1. The lowest BCUT2D eigenvalue weighted by molar-refractivity contribution is 0.256. The van der Waals surface area contributed by atoms with Gasteiger partial charge in [-0.3, -0.25) is 10.4 Å². The number of phenols is 2. The standard InChI is InChI=1S/C23H24N4O3/c1-14(2)18-12-19(21(29)13-20(18)28)22(24)27(23(25)30)17-5-3-15(4-6-17)11-16-7-9-26-10-8-16/h3-10,12-14,24,28-29H,11H2,1-2H3,(H2,25,30). The van der Waals surface area contributed by atoms with Crippen molar-refractivity contribution < 1.29 is 15.0 Å². The van der Waals surface area contributed by atoms with Crippen LogP contribution in [-0.2, 0) is 6.42 Å². The largest absolute Gasteiger partial charge is 0.508 e. The molecule has 7 heteroatoms. The summed E-state index contributed by atoms with van der Waals surface area (Å²) in [5.74, 6) is -0.678. The van der Waals surface area contributed by atoms with Gasteiger partial charge in [-0.25, -0.2) is 9.69 Å². The lowest BCUT2D eigenvalue weighted by atomic mass is 9.98. The van der Waals surface area contributed by atoms with E-state index in [0.29, 0.717) is 17.7 Å². The number of hydrogen-bond donors (Lipinski definition) is 4. The molecule has 3 rings (SSSR count). The van der Waals surface area contributed by atoms with Gasteiger partial charge in [0.2, 0.25) is 0 Å². The van der Waals surface area contributed by atoms with Crippen molar-refractivity contribution in [3.8, 4) is 11.5 Å². The topological polar surface area (TPSA) is 124 Å². The molecule has 7 nitrogen and oxygen atoms in total. The Bertz CT molecular complexity index is 1060. The van der Waals surface area contributed by atoms with Crippen molar-refractivity contribution in [3.63, 3.8) is 0 Å². The van der Waals surface area contributed by atoms with Crippen molar-refractivity contribution >= 4 is 17.6 Å². The number of nitrogens with one attached hydrogen (secondary N) is 1. The number of hydrogen-bond acceptors (Lipinski definition) is 5. The first-order valence-electron chi connectivity index (χ1n) is 9.50.